The standard InChI is InChI=1S/C16H34N4O2/c17-19-16(21)20(18)12-8-6-4-2-1-3-5-7-9-15-10-13-22-14-11-15/h15H,1-14,17-18H2,(H,19,21). The van der Waals surface area contributed by atoms with Crippen molar-refractivity contribution in [2.45, 2.75) is 70.6 Å². The molecule has 130 valence electrons. The average Bonchev–Trinajstić information content (AvgIpc) is 2.56. The normalized spacial score (nSPS) is 15.7. The average molecular weight is 314 g/mol. The van der Waals surface area contributed by atoms with Gasteiger partial charge in [0.2, 0.25) is 0 Å². The van der Waals surface area contributed by atoms with Crippen LogP contribution >= 0.6 is 0 Å². The second-order valence-corrected chi connectivity index (χ2v) is 6.32. The van der Waals surface area contributed by atoms with Crippen molar-refractivity contribution in [3.05, 3.63) is 0 Å². The van der Waals surface area contributed by atoms with Crippen molar-refractivity contribution >= 4 is 6.03 Å². The first-order valence-electron chi connectivity index (χ1n) is 8.84. The number of nitrogens with one attached hydrogen (secondary N) is 1. The fourth-order valence-electron chi connectivity index (χ4n) is 3.00. The summed E-state index contributed by atoms with van der Waals surface area (Å²) >= 11 is 0. The molecule has 2 amide bonds. The Labute approximate surface area is 134 Å². The van der Waals surface area contributed by atoms with Crippen LogP contribution in [-0.2, 0) is 4.74 Å². The Bertz CT molecular complexity index is 283. The number of nitrogens with two attached hydrogens (primary N) is 2. The van der Waals surface area contributed by atoms with Gasteiger partial charge in [0, 0.05) is 19.8 Å². The van der Waals surface area contributed by atoms with E-state index in [1.54, 1.807) is 0 Å². The zero-order chi connectivity index (χ0) is 16.0. The van der Waals surface area contributed by atoms with Gasteiger partial charge in [-0.3, -0.25) is 10.4 Å². The van der Waals surface area contributed by atoms with Crippen LogP contribution in [0.1, 0.15) is 70.6 Å². The molecular formula is C16H34N4O2. The van der Waals surface area contributed by atoms with Crippen LogP contribution in [0.5, 0.6) is 0 Å². The number of hydrogen-bond acceptors (Lipinski definition) is 4. The fourth-order valence-corrected chi connectivity index (χ4v) is 3.00. The van der Waals surface area contributed by atoms with Crippen LogP contribution in [0.2, 0.25) is 0 Å². The number of ether oxygens (including phenoxy) is 1. The molecule has 0 aromatic carbocycles. The number of carbonyl (C=O) groups excluding carboxylic acids is 1. The lowest BCUT2D eigenvalue weighted by Crippen LogP contribution is -2.47. The van der Waals surface area contributed by atoms with Gasteiger partial charge in [-0.25, -0.2) is 16.5 Å². The number of amides is 2. The third kappa shape index (κ3) is 9.23. The molecule has 6 nitrogen and oxygen atoms in total. The van der Waals surface area contributed by atoms with Gasteiger partial charge >= 0.3 is 6.03 Å². The highest BCUT2D eigenvalue weighted by Gasteiger charge is 2.12. The molecule has 0 aromatic rings. The topological polar surface area (TPSA) is 93.6 Å². The lowest BCUT2D eigenvalue weighted by Gasteiger charge is -2.21. The molecule has 0 radical (unpaired) electrons. The van der Waals surface area contributed by atoms with Crippen LogP contribution < -0.4 is 17.1 Å². The van der Waals surface area contributed by atoms with Crippen molar-refractivity contribution in [3.8, 4) is 0 Å². The third-order valence-electron chi connectivity index (χ3n) is 4.49. The summed E-state index contributed by atoms with van der Waals surface area (Å²) in [7, 11) is 0. The molecule has 0 bridgehead atoms. The molecule has 1 saturated heterocycles. The summed E-state index contributed by atoms with van der Waals surface area (Å²) in [5.74, 6) is 11.4. The van der Waals surface area contributed by atoms with Crippen molar-refractivity contribution in [1.82, 2.24) is 10.4 Å². The van der Waals surface area contributed by atoms with E-state index in [1.807, 2.05) is 5.43 Å². The van der Waals surface area contributed by atoms with Gasteiger partial charge in [-0.1, -0.05) is 51.4 Å². The van der Waals surface area contributed by atoms with E-state index >= 15 is 0 Å². The van der Waals surface area contributed by atoms with Gasteiger partial charge in [-0.05, 0) is 25.2 Å². The van der Waals surface area contributed by atoms with E-state index in [1.165, 1.54) is 57.8 Å². The predicted molar refractivity (Wildman–Crippen MR) is 88.7 cm³/mol. The summed E-state index contributed by atoms with van der Waals surface area (Å²) in [5, 5.41) is 1.14. The predicted octanol–water partition coefficient (Wildman–Crippen LogP) is 2.68. The van der Waals surface area contributed by atoms with Crippen LogP contribution in [0.25, 0.3) is 0 Å². The molecule has 5 N–H and O–H groups in total. The van der Waals surface area contributed by atoms with E-state index in [0.29, 0.717) is 6.54 Å². The van der Waals surface area contributed by atoms with Gasteiger partial charge < -0.3 is 4.74 Å². The van der Waals surface area contributed by atoms with Crippen LogP contribution in [-0.4, -0.2) is 30.8 Å². The van der Waals surface area contributed by atoms with E-state index in [4.69, 9.17) is 16.4 Å². The number of carbonyl (C=O) groups is 1. The summed E-state index contributed by atoms with van der Waals surface area (Å²) in [5.41, 5.74) is 2.02. The molecule has 0 unspecified atom stereocenters. The molecule has 0 atom stereocenters. The quantitative estimate of drug-likeness (QED) is 0.236. The Hall–Kier alpha value is -0.850. The first-order chi connectivity index (χ1) is 10.7. The zero-order valence-electron chi connectivity index (χ0n) is 13.9. The molecule has 0 saturated carbocycles. The zero-order valence-corrected chi connectivity index (χ0v) is 13.9. The molecule has 0 spiro atoms. The molecule has 1 heterocycles. The summed E-state index contributed by atoms with van der Waals surface area (Å²) in [6.07, 6.45) is 13.9. The van der Waals surface area contributed by atoms with Crippen LogP contribution in [0, 0.1) is 5.92 Å². The molecule has 0 aliphatic carbocycles. The van der Waals surface area contributed by atoms with Crippen LogP contribution in [0.4, 0.5) is 4.79 Å². The number of hydrazine groups is 2. The van der Waals surface area contributed by atoms with Crippen molar-refractivity contribution in [2.75, 3.05) is 19.8 Å². The molecule has 1 aliphatic heterocycles. The summed E-state index contributed by atoms with van der Waals surface area (Å²) in [4.78, 5) is 11.1. The summed E-state index contributed by atoms with van der Waals surface area (Å²) in [6.45, 7) is 2.50. The number of nitrogens with zero attached hydrogens (tertiary/aromatic N) is 1. The second kappa shape index (κ2) is 12.7. The Morgan fingerprint density at radius 3 is 2.14 bits per heavy atom. The van der Waals surface area contributed by atoms with Gasteiger partial charge in [-0.2, -0.15) is 0 Å². The van der Waals surface area contributed by atoms with Crippen LogP contribution in [0.3, 0.4) is 0 Å². The summed E-state index contributed by atoms with van der Waals surface area (Å²) in [6, 6.07) is -0.426. The Balaban J connectivity index is 1.79. The van der Waals surface area contributed by atoms with E-state index in [2.05, 4.69) is 0 Å². The van der Waals surface area contributed by atoms with Crippen molar-refractivity contribution in [1.29, 1.82) is 0 Å². The van der Waals surface area contributed by atoms with Gasteiger partial charge in [0.05, 0.1) is 0 Å². The number of rotatable bonds is 11. The molecular weight excluding hydrogens is 280 g/mol. The minimum Gasteiger partial charge on any atom is -0.381 e. The molecule has 0 aromatic heterocycles. The van der Waals surface area contributed by atoms with Gasteiger partial charge in [0.25, 0.3) is 0 Å². The first-order valence-corrected chi connectivity index (χ1v) is 8.84. The Morgan fingerprint density at radius 1 is 1.00 bits per heavy atom. The smallest absolute Gasteiger partial charge is 0.345 e. The lowest BCUT2D eigenvalue weighted by molar-refractivity contribution is 0.0631. The first kappa shape index (κ1) is 19.2. The number of urea groups is 1. The lowest BCUT2D eigenvalue weighted by atomic mass is 9.93. The maximum atomic E-state index is 11.1. The molecule has 1 rings (SSSR count). The van der Waals surface area contributed by atoms with Gasteiger partial charge in [-0.15, -0.1) is 0 Å². The number of unbranched alkanes of at least 4 members (excludes halogenated alkanes) is 7. The van der Waals surface area contributed by atoms with Crippen LogP contribution in [0.15, 0.2) is 0 Å². The van der Waals surface area contributed by atoms with E-state index in [-0.39, 0.29) is 0 Å². The highest BCUT2D eigenvalue weighted by Crippen LogP contribution is 2.21. The molecule has 22 heavy (non-hydrogen) atoms. The van der Waals surface area contributed by atoms with Crippen molar-refractivity contribution in [2.24, 2.45) is 17.6 Å². The Kier molecular flexibility index (Phi) is 11.1. The fraction of sp³-hybridized carbons (Fsp3) is 0.938. The minimum absolute atomic E-state index is 0.426. The summed E-state index contributed by atoms with van der Waals surface area (Å²) < 4.78 is 5.39. The third-order valence-corrected chi connectivity index (χ3v) is 4.49. The van der Waals surface area contributed by atoms with E-state index < -0.39 is 6.03 Å². The highest BCUT2D eigenvalue weighted by molar-refractivity contribution is 5.72. The van der Waals surface area contributed by atoms with Gasteiger partial charge in [0.1, 0.15) is 0 Å². The highest BCUT2D eigenvalue weighted by atomic mass is 16.5. The Morgan fingerprint density at radius 2 is 1.55 bits per heavy atom. The number of hydrogen-bond donors (Lipinski definition) is 3. The second-order valence-electron chi connectivity index (χ2n) is 6.32. The maximum Gasteiger partial charge on any atom is 0.345 e. The molecule has 1 fully saturated rings. The maximum absolute atomic E-state index is 11.1. The largest absolute Gasteiger partial charge is 0.381 e. The SMILES string of the molecule is NNC(=O)N(N)CCCCCCCCCCC1CCOCC1. The van der Waals surface area contributed by atoms with Gasteiger partial charge in [0.15, 0.2) is 0 Å². The van der Waals surface area contributed by atoms with Crippen molar-refractivity contribution in [3.63, 3.8) is 0 Å². The van der Waals surface area contributed by atoms with E-state index in [0.717, 1.165) is 37.0 Å². The molecule has 6 heteroatoms. The monoisotopic (exact) mass is 314 g/mol. The minimum atomic E-state index is -0.426. The molecule has 1 aliphatic rings. The van der Waals surface area contributed by atoms with Crippen molar-refractivity contribution < 1.29 is 9.53 Å². The van der Waals surface area contributed by atoms with E-state index in [9.17, 15) is 4.79 Å².